The van der Waals surface area contributed by atoms with Gasteiger partial charge >= 0.3 is 0 Å². The van der Waals surface area contributed by atoms with Crippen molar-refractivity contribution in [1.82, 2.24) is 19.2 Å². The predicted octanol–water partition coefficient (Wildman–Crippen LogP) is 0.877. The van der Waals surface area contributed by atoms with Crippen LogP contribution in [0, 0.1) is 0 Å². The van der Waals surface area contributed by atoms with Crippen LogP contribution in [0.1, 0.15) is 0 Å². The molecule has 0 aliphatic rings. The minimum atomic E-state index is -0.539. The number of para-hydroxylation sites is 2. The molecule has 0 unspecified atom stereocenters. The second-order valence-electron chi connectivity index (χ2n) is 5.67. The molecule has 1 amide bonds. The molecule has 0 aliphatic carbocycles. The molecule has 0 spiro atoms. The van der Waals surface area contributed by atoms with Gasteiger partial charge in [0, 0.05) is 0 Å². The first-order valence-corrected chi connectivity index (χ1v) is 7.84. The van der Waals surface area contributed by atoms with Crippen LogP contribution in [-0.2, 0) is 11.3 Å². The molecular formula is C18H13N5O3. The van der Waals surface area contributed by atoms with Gasteiger partial charge in [-0.3, -0.25) is 24.4 Å². The highest BCUT2D eigenvalue weighted by molar-refractivity contribution is 5.84. The lowest BCUT2D eigenvalue weighted by Gasteiger charge is -2.10. The monoisotopic (exact) mass is 347 g/mol. The van der Waals surface area contributed by atoms with Gasteiger partial charge in [-0.05, 0) is 24.3 Å². The normalized spacial score (nSPS) is 10.9. The summed E-state index contributed by atoms with van der Waals surface area (Å²) >= 11 is 0. The number of carbonyl (C=O) groups excluding carboxylic acids is 1. The molecule has 4 aromatic rings. The minimum absolute atomic E-state index is 0.268. The lowest BCUT2D eigenvalue weighted by Crippen LogP contribution is -2.36. The zero-order valence-corrected chi connectivity index (χ0v) is 13.5. The molecule has 8 nitrogen and oxygen atoms in total. The summed E-state index contributed by atoms with van der Waals surface area (Å²) in [5.41, 5.74) is 2.82. The van der Waals surface area contributed by atoms with Gasteiger partial charge in [0.15, 0.2) is 0 Å². The number of hydrogen-bond acceptors (Lipinski definition) is 5. The molecule has 0 fully saturated rings. The Hall–Kier alpha value is -3.81. The second kappa shape index (κ2) is 6.25. The van der Waals surface area contributed by atoms with Gasteiger partial charge in [-0.2, -0.15) is 0 Å². The van der Waals surface area contributed by atoms with Crippen molar-refractivity contribution in [1.29, 1.82) is 0 Å². The molecule has 128 valence electrons. The fourth-order valence-corrected chi connectivity index (χ4v) is 2.69. The average Bonchev–Trinajstić information content (AvgIpc) is 2.67. The molecule has 26 heavy (non-hydrogen) atoms. The molecular weight excluding hydrogens is 334 g/mol. The number of amides is 1. The molecule has 2 aromatic heterocycles. The molecule has 2 heterocycles. The number of fused-ring (bicyclic) bond motifs is 2. The van der Waals surface area contributed by atoms with Gasteiger partial charge in [0.1, 0.15) is 12.9 Å². The van der Waals surface area contributed by atoms with E-state index in [2.05, 4.69) is 15.4 Å². The van der Waals surface area contributed by atoms with Gasteiger partial charge in [-0.1, -0.05) is 24.3 Å². The number of nitrogens with one attached hydrogen (secondary N) is 1. The van der Waals surface area contributed by atoms with Crippen molar-refractivity contribution in [2.24, 2.45) is 0 Å². The van der Waals surface area contributed by atoms with Crippen LogP contribution in [0.5, 0.6) is 0 Å². The molecule has 1 N–H and O–H groups in total. The van der Waals surface area contributed by atoms with E-state index in [0.717, 1.165) is 4.68 Å². The first-order chi connectivity index (χ1) is 12.6. The van der Waals surface area contributed by atoms with E-state index in [1.165, 1.54) is 17.2 Å². The highest BCUT2D eigenvalue weighted by Crippen LogP contribution is 2.05. The van der Waals surface area contributed by atoms with Gasteiger partial charge in [-0.25, -0.2) is 14.6 Å². The summed E-state index contributed by atoms with van der Waals surface area (Å²) in [6.45, 7) is -0.268. The van der Waals surface area contributed by atoms with Crippen LogP contribution in [0.2, 0.25) is 0 Å². The fraction of sp³-hybridized carbons (Fsp3) is 0.0556. The Morgan fingerprint density at radius 1 is 0.846 bits per heavy atom. The molecule has 0 saturated carbocycles. The molecule has 0 aliphatic heterocycles. The van der Waals surface area contributed by atoms with Crippen LogP contribution in [0.3, 0.4) is 0 Å². The Balaban J connectivity index is 1.62. The Labute approximate surface area is 146 Å². The first kappa shape index (κ1) is 15.7. The Morgan fingerprint density at radius 2 is 1.42 bits per heavy atom. The molecule has 4 rings (SSSR count). The van der Waals surface area contributed by atoms with Crippen molar-refractivity contribution in [3.05, 3.63) is 81.9 Å². The van der Waals surface area contributed by atoms with Crippen molar-refractivity contribution in [2.45, 2.75) is 6.54 Å². The van der Waals surface area contributed by atoms with Crippen molar-refractivity contribution < 1.29 is 4.79 Å². The second-order valence-corrected chi connectivity index (χ2v) is 5.67. The standard InChI is InChI=1S/C18H13N5O3/c24-16(9-22-10-19-14-7-3-1-5-12(14)17(22)25)21-23-11-20-15-8-4-2-6-13(15)18(23)26/h1-8,10-11H,9H2,(H,21,24). The van der Waals surface area contributed by atoms with Crippen LogP contribution < -0.4 is 16.5 Å². The molecule has 2 aromatic carbocycles. The summed E-state index contributed by atoms with van der Waals surface area (Å²) in [4.78, 5) is 45.4. The number of aromatic nitrogens is 4. The number of benzene rings is 2. The smallest absolute Gasteiger partial charge is 0.280 e. The number of rotatable bonds is 3. The van der Waals surface area contributed by atoms with E-state index in [1.807, 2.05) is 0 Å². The molecule has 0 saturated heterocycles. The van der Waals surface area contributed by atoms with Crippen molar-refractivity contribution >= 4 is 27.7 Å². The maximum absolute atomic E-state index is 12.4. The van der Waals surface area contributed by atoms with Crippen molar-refractivity contribution in [3.8, 4) is 0 Å². The molecule has 0 atom stereocenters. The minimum Gasteiger partial charge on any atom is -0.289 e. The predicted molar refractivity (Wildman–Crippen MR) is 96.4 cm³/mol. The van der Waals surface area contributed by atoms with E-state index in [4.69, 9.17) is 0 Å². The summed E-state index contributed by atoms with van der Waals surface area (Å²) in [7, 11) is 0. The summed E-state index contributed by atoms with van der Waals surface area (Å²) in [5.74, 6) is -0.539. The third kappa shape index (κ3) is 2.73. The van der Waals surface area contributed by atoms with E-state index in [-0.39, 0.29) is 12.1 Å². The number of hydrogen-bond donors (Lipinski definition) is 1. The third-order valence-electron chi connectivity index (χ3n) is 3.96. The van der Waals surface area contributed by atoms with E-state index >= 15 is 0 Å². The van der Waals surface area contributed by atoms with E-state index < -0.39 is 11.5 Å². The molecule has 0 radical (unpaired) electrons. The average molecular weight is 347 g/mol. The zero-order valence-electron chi connectivity index (χ0n) is 13.5. The summed E-state index contributed by atoms with van der Waals surface area (Å²) in [6, 6.07) is 13.7. The van der Waals surface area contributed by atoms with Crippen LogP contribution in [0.4, 0.5) is 0 Å². The number of nitrogens with zero attached hydrogens (tertiary/aromatic N) is 4. The summed E-state index contributed by atoms with van der Waals surface area (Å²) in [5, 5.41) is 0.812. The van der Waals surface area contributed by atoms with Gasteiger partial charge in [0.2, 0.25) is 0 Å². The Bertz CT molecular complexity index is 1160. The van der Waals surface area contributed by atoms with Crippen molar-refractivity contribution in [3.63, 3.8) is 0 Å². The van der Waals surface area contributed by atoms with E-state index in [1.54, 1.807) is 48.5 Å². The summed E-state index contributed by atoms with van der Waals surface area (Å²) in [6.07, 6.45) is 2.55. The van der Waals surface area contributed by atoms with Gasteiger partial charge in [0.25, 0.3) is 17.0 Å². The van der Waals surface area contributed by atoms with Crippen LogP contribution >= 0.6 is 0 Å². The van der Waals surface area contributed by atoms with Gasteiger partial charge in [-0.15, -0.1) is 0 Å². The summed E-state index contributed by atoms with van der Waals surface area (Å²) < 4.78 is 2.20. The van der Waals surface area contributed by atoms with E-state index in [9.17, 15) is 14.4 Å². The maximum Gasteiger partial charge on any atom is 0.280 e. The van der Waals surface area contributed by atoms with Crippen LogP contribution in [-0.4, -0.2) is 25.1 Å². The first-order valence-electron chi connectivity index (χ1n) is 7.84. The Kier molecular flexibility index (Phi) is 3.77. The van der Waals surface area contributed by atoms with E-state index in [0.29, 0.717) is 21.8 Å². The topological polar surface area (TPSA) is 98.9 Å². The Morgan fingerprint density at radius 3 is 2.12 bits per heavy atom. The largest absolute Gasteiger partial charge is 0.289 e. The highest BCUT2D eigenvalue weighted by atomic mass is 16.2. The zero-order chi connectivity index (χ0) is 18.1. The fourth-order valence-electron chi connectivity index (χ4n) is 2.69. The SMILES string of the molecule is O=C(Cn1cnc2ccccc2c1=O)Nn1cnc2ccccc2c1=O. The van der Waals surface area contributed by atoms with Crippen molar-refractivity contribution in [2.75, 3.05) is 5.43 Å². The lowest BCUT2D eigenvalue weighted by atomic mass is 10.2. The quantitative estimate of drug-likeness (QED) is 0.593. The van der Waals surface area contributed by atoms with Gasteiger partial charge in [0.05, 0.1) is 28.1 Å². The van der Waals surface area contributed by atoms with Gasteiger partial charge < -0.3 is 0 Å². The maximum atomic E-state index is 12.4. The number of carbonyl (C=O) groups is 1. The van der Waals surface area contributed by atoms with Crippen LogP contribution in [0.25, 0.3) is 21.8 Å². The lowest BCUT2D eigenvalue weighted by molar-refractivity contribution is -0.117. The molecule has 8 heteroatoms. The third-order valence-corrected chi connectivity index (χ3v) is 3.96. The molecule has 0 bridgehead atoms. The highest BCUT2D eigenvalue weighted by Gasteiger charge is 2.10. The van der Waals surface area contributed by atoms with Crippen LogP contribution in [0.15, 0.2) is 70.8 Å².